The van der Waals surface area contributed by atoms with E-state index in [4.69, 9.17) is 9.25 Å². The van der Waals surface area contributed by atoms with E-state index in [2.05, 4.69) is 10.6 Å². The minimum absolute atomic E-state index is 0.0389. The number of nitrogens with one attached hydrogen (secondary N) is 2. The van der Waals surface area contributed by atoms with Crippen LogP contribution in [0.15, 0.2) is 34.9 Å². The van der Waals surface area contributed by atoms with E-state index < -0.39 is 17.8 Å². The zero-order valence-electron chi connectivity index (χ0n) is 13.7. The second-order valence-corrected chi connectivity index (χ2v) is 5.61. The fourth-order valence-electron chi connectivity index (χ4n) is 2.45. The summed E-state index contributed by atoms with van der Waals surface area (Å²) in [5.41, 5.74) is 0.623. The molecule has 0 aliphatic carbocycles. The third-order valence-electron chi connectivity index (χ3n) is 3.80. The van der Waals surface area contributed by atoms with E-state index in [0.717, 1.165) is 12.8 Å². The fourth-order valence-corrected chi connectivity index (χ4v) is 2.45. The van der Waals surface area contributed by atoms with Crippen LogP contribution in [0.1, 0.15) is 29.0 Å². The smallest absolute Gasteiger partial charge is 0.345 e. The molecule has 1 aromatic heterocycles. The molecule has 25 heavy (non-hydrogen) atoms. The van der Waals surface area contributed by atoms with E-state index in [9.17, 15) is 14.0 Å². The minimum Gasteiger partial charge on any atom is -0.469 e. The monoisotopic (exact) mass is 347 g/mol. The zero-order valence-corrected chi connectivity index (χ0v) is 13.7. The number of nitrogens with zero attached hydrogens (tertiary/aromatic N) is 1. The third kappa shape index (κ3) is 3.97. The Kier molecular flexibility index (Phi) is 4.99. The Morgan fingerprint density at radius 1 is 1.20 bits per heavy atom. The molecule has 3 rings (SSSR count). The molecule has 0 atom stereocenters. The summed E-state index contributed by atoms with van der Waals surface area (Å²) in [6, 6.07) is 5.00. The summed E-state index contributed by atoms with van der Waals surface area (Å²) in [6.45, 7) is 2.62. The highest BCUT2D eigenvalue weighted by Crippen LogP contribution is 2.22. The Bertz CT molecular complexity index is 784. The van der Waals surface area contributed by atoms with Crippen molar-refractivity contribution in [3.8, 4) is 0 Å². The van der Waals surface area contributed by atoms with E-state index in [1.54, 1.807) is 6.92 Å². The Morgan fingerprint density at radius 3 is 2.72 bits per heavy atom. The largest absolute Gasteiger partial charge is 0.469 e. The molecule has 7 nitrogen and oxygen atoms in total. The molecule has 1 aliphatic heterocycles. The number of hydrogen-bond donors (Lipinski definition) is 2. The first-order chi connectivity index (χ1) is 12.0. The van der Waals surface area contributed by atoms with Crippen molar-refractivity contribution in [1.82, 2.24) is 5.06 Å². The van der Waals surface area contributed by atoms with Gasteiger partial charge in [-0.1, -0.05) is 0 Å². The van der Waals surface area contributed by atoms with Gasteiger partial charge in [-0.05, 0) is 44.0 Å². The molecule has 0 spiro atoms. The lowest BCUT2D eigenvalue weighted by atomic mass is 10.2. The van der Waals surface area contributed by atoms with Crippen LogP contribution in [0.25, 0.3) is 0 Å². The van der Waals surface area contributed by atoms with E-state index in [0.29, 0.717) is 30.2 Å². The minimum atomic E-state index is -0.610. The van der Waals surface area contributed by atoms with Gasteiger partial charge in [-0.25, -0.2) is 14.2 Å². The van der Waals surface area contributed by atoms with Crippen molar-refractivity contribution < 1.29 is 23.2 Å². The maximum absolute atomic E-state index is 14.0. The van der Waals surface area contributed by atoms with Gasteiger partial charge in [0.2, 0.25) is 0 Å². The second kappa shape index (κ2) is 7.35. The van der Waals surface area contributed by atoms with Crippen LogP contribution in [-0.4, -0.2) is 30.2 Å². The third-order valence-corrected chi connectivity index (χ3v) is 3.80. The normalized spacial score (nSPS) is 14.2. The van der Waals surface area contributed by atoms with Crippen molar-refractivity contribution in [2.75, 3.05) is 23.8 Å². The maximum Gasteiger partial charge on any atom is 0.345 e. The number of carbonyl (C=O) groups is 2. The predicted octanol–water partition coefficient (Wildman–Crippen LogP) is 3.54. The summed E-state index contributed by atoms with van der Waals surface area (Å²) < 4.78 is 19.0. The highest BCUT2D eigenvalue weighted by molar-refractivity contribution is 6.05. The molecule has 1 saturated heterocycles. The molecule has 0 radical (unpaired) electrons. The zero-order chi connectivity index (χ0) is 17.8. The summed E-state index contributed by atoms with van der Waals surface area (Å²) in [5.74, 6) is -0.667. The predicted molar refractivity (Wildman–Crippen MR) is 88.7 cm³/mol. The first-order valence-corrected chi connectivity index (χ1v) is 7.91. The second-order valence-electron chi connectivity index (χ2n) is 5.61. The molecule has 3 amide bonds. The van der Waals surface area contributed by atoms with E-state index in [-0.39, 0.29) is 5.69 Å². The van der Waals surface area contributed by atoms with Gasteiger partial charge in [0.15, 0.2) is 0 Å². The average molecular weight is 347 g/mol. The molecule has 1 aliphatic rings. The molecule has 1 fully saturated rings. The van der Waals surface area contributed by atoms with E-state index >= 15 is 0 Å². The lowest BCUT2D eigenvalue weighted by Gasteiger charge is -2.26. The van der Waals surface area contributed by atoms with Crippen molar-refractivity contribution in [1.29, 1.82) is 0 Å². The molecular weight excluding hydrogens is 329 g/mol. The topological polar surface area (TPSA) is 83.8 Å². The van der Waals surface area contributed by atoms with Crippen LogP contribution in [0.3, 0.4) is 0 Å². The molecule has 0 saturated carbocycles. The first-order valence-electron chi connectivity index (χ1n) is 7.91. The summed E-state index contributed by atoms with van der Waals surface area (Å²) in [4.78, 5) is 29.5. The van der Waals surface area contributed by atoms with Crippen LogP contribution in [-0.2, 0) is 4.84 Å². The van der Waals surface area contributed by atoms with Gasteiger partial charge >= 0.3 is 6.03 Å². The van der Waals surface area contributed by atoms with Crippen molar-refractivity contribution in [2.24, 2.45) is 0 Å². The molecule has 0 bridgehead atoms. The highest BCUT2D eigenvalue weighted by Gasteiger charge is 2.19. The van der Waals surface area contributed by atoms with Crippen LogP contribution in [0.5, 0.6) is 0 Å². The standard InChI is InChI=1S/C17H18FN3O4/c1-11-13(6-9-24-11)16(22)20-15-10-12(4-5-14(15)18)19-17(23)21-7-2-3-8-25-21/h4-6,9-10H,2-3,7-8H2,1H3,(H,19,23)(H,20,22). The first kappa shape index (κ1) is 17.0. The number of anilines is 2. The maximum atomic E-state index is 14.0. The average Bonchev–Trinajstić information content (AvgIpc) is 3.04. The molecule has 2 aromatic rings. The molecule has 8 heteroatoms. The van der Waals surface area contributed by atoms with Gasteiger partial charge in [0.1, 0.15) is 11.6 Å². The number of amides is 3. The molecule has 132 valence electrons. The number of benzene rings is 1. The van der Waals surface area contributed by atoms with Gasteiger partial charge in [0, 0.05) is 5.69 Å². The van der Waals surface area contributed by atoms with Crippen molar-refractivity contribution in [3.63, 3.8) is 0 Å². The van der Waals surface area contributed by atoms with E-state index in [1.807, 2.05) is 0 Å². The SMILES string of the molecule is Cc1occc1C(=O)Nc1cc(NC(=O)N2CCCCO2)ccc1F. The van der Waals surface area contributed by atoms with Crippen molar-refractivity contribution >= 4 is 23.3 Å². The van der Waals surface area contributed by atoms with Gasteiger partial charge in [-0.2, -0.15) is 0 Å². The van der Waals surface area contributed by atoms with Gasteiger partial charge in [-0.3, -0.25) is 9.63 Å². The Balaban J connectivity index is 1.70. The van der Waals surface area contributed by atoms with E-state index in [1.165, 1.54) is 35.6 Å². The van der Waals surface area contributed by atoms with Crippen molar-refractivity contribution in [2.45, 2.75) is 19.8 Å². The lowest BCUT2D eigenvalue weighted by Crippen LogP contribution is -2.38. The number of hydroxylamine groups is 2. The number of halogens is 1. The van der Waals surface area contributed by atoms with Crippen molar-refractivity contribution in [3.05, 3.63) is 47.7 Å². The van der Waals surface area contributed by atoms with Crippen LogP contribution in [0.4, 0.5) is 20.6 Å². The Hall–Kier alpha value is -2.87. The van der Waals surface area contributed by atoms with Crippen LogP contribution in [0, 0.1) is 12.7 Å². The quantitative estimate of drug-likeness (QED) is 0.889. The lowest BCUT2D eigenvalue weighted by molar-refractivity contribution is -0.135. The van der Waals surface area contributed by atoms with Gasteiger partial charge in [-0.15, -0.1) is 0 Å². The number of carbonyl (C=O) groups excluding carboxylic acids is 2. The summed E-state index contributed by atoms with van der Waals surface area (Å²) in [6.07, 6.45) is 3.15. The number of rotatable bonds is 3. The Labute approximate surface area is 143 Å². The molecular formula is C17H18FN3O4. The highest BCUT2D eigenvalue weighted by atomic mass is 19.1. The Morgan fingerprint density at radius 2 is 2.04 bits per heavy atom. The molecule has 1 aromatic carbocycles. The van der Waals surface area contributed by atoms with Crippen LogP contribution < -0.4 is 10.6 Å². The van der Waals surface area contributed by atoms with Gasteiger partial charge < -0.3 is 15.1 Å². The number of urea groups is 1. The molecule has 0 unspecified atom stereocenters. The number of aryl methyl sites for hydroxylation is 1. The van der Waals surface area contributed by atoms with Gasteiger partial charge in [0.05, 0.1) is 30.7 Å². The number of hydrogen-bond acceptors (Lipinski definition) is 4. The number of furan rings is 1. The molecule has 2 N–H and O–H groups in total. The van der Waals surface area contributed by atoms with Crippen LogP contribution >= 0.6 is 0 Å². The van der Waals surface area contributed by atoms with Crippen LogP contribution in [0.2, 0.25) is 0 Å². The summed E-state index contributed by atoms with van der Waals surface area (Å²) in [5, 5.41) is 6.34. The summed E-state index contributed by atoms with van der Waals surface area (Å²) in [7, 11) is 0. The van der Waals surface area contributed by atoms with Gasteiger partial charge in [0.25, 0.3) is 5.91 Å². The summed E-state index contributed by atoms with van der Waals surface area (Å²) >= 11 is 0. The molecule has 2 heterocycles. The fraction of sp³-hybridized carbons (Fsp3) is 0.294.